The van der Waals surface area contributed by atoms with Gasteiger partial charge < -0.3 is 21.5 Å². The van der Waals surface area contributed by atoms with Crippen LogP contribution < -0.4 is 16.4 Å². The number of benzene rings is 2. The lowest BCUT2D eigenvalue weighted by Crippen LogP contribution is -2.51. The SMILES string of the molecule is CCCC[C@H](N)CNC(=O)[C@H](Cc1ccc(O)cc1)N[C@H](CCc1ccccc1)CC(C)C.Cl.Cl. The maximum Gasteiger partial charge on any atom is 0.237 e. The Morgan fingerprint density at radius 1 is 0.971 bits per heavy atom. The first-order valence-electron chi connectivity index (χ1n) is 12.5. The van der Waals surface area contributed by atoms with E-state index in [1.807, 2.05) is 18.2 Å². The summed E-state index contributed by atoms with van der Waals surface area (Å²) in [7, 11) is 0. The van der Waals surface area contributed by atoms with Crippen LogP contribution in [-0.2, 0) is 17.6 Å². The molecule has 0 aliphatic carbocycles. The van der Waals surface area contributed by atoms with Gasteiger partial charge in [-0.05, 0) is 61.3 Å². The third-order valence-corrected chi connectivity index (χ3v) is 5.98. The summed E-state index contributed by atoms with van der Waals surface area (Å²) in [4.78, 5) is 13.2. The number of rotatable bonds is 15. The number of phenolic OH excluding ortho intramolecular Hbond substituents is 1. The monoisotopic (exact) mass is 525 g/mol. The van der Waals surface area contributed by atoms with Crippen molar-refractivity contribution in [2.75, 3.05) is 6.54 Å². The molecule has 0 fully saturated rings. The Morgan fingerprint density at radius 2 is 1.63 bits per heavy atom. The molecule has 198 valence electrons. The van der Waals surface area contributed by atoms with Crippen molar-refractivity contribution in [3.8, 4) is 5.75 Å². The summed E-state index contributed by atoms with van der Waals surface area (Å²) in [6, 6.07) is 17.5. The number of unbranched alkanes of at least 4 members (excludes halogenated alkanes) is 1. The van der Waals surface area contributed by atoms with Crippen molar-refractivity contribution in [3.05, 3.63) is 65.7 Å². The molecule has 0 spiro atoms. The number of halogens is 2. The molecule has 1 amide bonds. The Hall–Kier alpha value is -1.79. The average Bonchev–Trinajstić information content (AvgIpc) is 2.80. The lowest BCUT2D eigenvalue weighted by atomic mass is 9.95. The van der Waals surface area contributed by atoms with Gasteiger partial charge in [0.05, 0.1) is 6.04 Å². The molecule has 0 bridgehead atoms. The molecule has 35 heavy (non-hydrogen) atoms. The first-order chi connectivity index (χ1) is 15.9. The smallest absolute Gasteiger partial charge is 0.237 e. The summed E-state index contributed by atoms with van der Waals surface area (Å²) in [5.41, 5.74) is 8.52. The van der Waals surface area contributed by atoms with Crippen LogP contribution in [-0.4, -0.2) is 35.7 Å². The number of phenols is 1. The van der Waals surface area contributed by atoms with Gasteiger partial charge in [0, 0.05) is 18.6 Å². The van der Waals surface area contributed by atoms with Gasteiger partial charge in [-0.3, -0.25) is 4.79 Å². The largest absolute Gasteiger partial charge is 0.508 e. The molecule has 0 aliphatic rings. The summed E-state index contributed by atoms with van der Waals surface area (Å²) < 4.78 is 0. The topological polar surface area (TPSA) is 87.4 Å². The van der Waals surface area contributed by atoms with Gasteiger partial charge in [-0.1, -0.05) is 76.1 Å². The summed E-state index contributed by atoms with van der Waals surface area (Å²) in [5, 5.41) is 16.4. The Morgan fingerprint density at radius 3 is 2.23 bits per heavy atom. The first kappa shape index (κ1) is 33.2. The van der Waals surface area contributed by atoms with Gasteiger partial charge in [0.25, 0.3) is 0 Å². The zero-order valence-corrected chi connectivity index (χ0v) is 23.0. The fourth-order valence-corrected chi connectivity index (χ4v) is 4.13. The summed E-state index contributed by atoms with van der Waals surface area (Å²) in [5.74, 6) is 0.747. The Kier molecular flexibility index (Phi) is 17.5. The van der Waals surface area contributed by atoms with Crippen molar-refractivity contribution in [1.29, 1.82) is 0 Å². The fourth-order valence-electron chi connectivity index (χ4n) is 4.13. The normalized spacial score (nSPS) is 13.3. The van der Waals surface area contributed by atoms with E-state index >= 15 is 0 Å². The van der Waals surface area contributed by atoms with Gasteiger partial charge in [-0.2, -0.15) is 0 Å². The molecule has 3 atom stereocenters. The molecule has 0 saturated carbocycles. The molecule has 2 aromatic carbocycles. The van der Waals surface area contributed by atoms with Crippen LogP contribution in [0.25, 0.3) is 0 Å². The van der Waals surface area contributed by atoms with Crippen LogP contribution in [0, 0.1) is 5.92 Å². The first-order valence-corrected chi connectivity index (χ1v) is 12.5. The number of nitrogens with one attached hydrogen (secondary N) is 2. The number of aryl methyl sites for hydroxylation is 1. The van der Waals surface area contributed by atoms with E-state index in [1.54, 1.807) is 12.1 Å². The lowest BCUT2D eigenvalue weighted by molar-refractivity contribution is -0.123. The Labute approximate surface area is 224 Å². The number of hydrogen-bond donors (Lipinski definition) is 4. The van der Waals surface area contributed by atoms with Gasteiger partial charge in [0.2, 0.25) is 5.91 Å². The predicted molar refractivity (Wildman–Crippen MR) is 152 cm³/mol. The maximum atomic E-state index is 13.2. The minimum atomic E-state index is -0.354. The van der Waals surface area contributed by atoms with Crippen LogP contribution in [0.2, 0.25) is 0 Å². The highest BCUT2D eigenvalue weighted by atomic mass is 35.5. The molecule has 0 aliphatic heterocycles. The Balaban J connectivity index is 0.00000578. The number of carbonyl (C=O) groups excluding carboxylic acids is 1. The van der Waals surface area contributed by atoms with Crippen LogP contribution >= 0.6 is 24.8 Å². The van der Waals surface area contributed by atoms with E-state index in [2.05, 4.69) is 55.7 Å². The lowest BCUT2D eigenvalue weighted by Gasteiger charge is -2.27. The van der Waals surface area contributed by atoms with Crippen molar-refractivity contribution >= 4 is 30.7 Å². The molecule has 2 aromatic rings. The number of nitrogens with two attached hydrogens (primary N) is 1. The summed E-state index contributed by atoms with van der Waals surface area (Å²) in [6.07, 6.45) is 6.60. The molecular formula is C28H45Cl2N3O2. The Bertz CT molecular complexity index is 804. The molecule has 0 heterocycles. The van der Waals surface area contributed by atoms with E-state index in [9.17, 15) is 9.90 Å². The van der Waals surface area contributed by atoms with Crippen LogP contribution in [0.5, 0.6) is 5.75 Å². The quantitative estimate of drug-likeness (QED) is 0.250. The fraction of sp³-hybridized carbons (Fsp3) is 0.536. The number of amides is 1. The van der Waals surface area contributed by atoms with E-state index < -0.39 is 0 Å². The van der Waals surface area contributed by atoms with Crippen LogP contribution in [0.15, 0.2) is 54.6 Å². The molecule has 0 radical (unpaired) electrons. The van der Waals surface area contributed by atoms with E-state index in [0.717, 1.165) is 44.1 Å². The third kappa shape index (κ3) is 13.8. The molecular weight excluding hydrogens is 481 g/mol. The molecule has 0 saturated heterocycles. The number of hydrogen-bond acceptors (Lipinski definition) is 4. The van der Waals surface area contributed by atoms with E-state index in [-0.39, 0.29) is 54.6 Å². The van der Waals surface area contributed by atoms with Crippen LogP contribution in [0.4, 0.5) is 0 Å². The van der Waals surface area contributed by atoms with Gasteiger partial charge >= 0.3 is 0 Å². The highest BCUT2D eigenvalue weighted by Crippen LogP contribution is 2.16. The minimum absolute atomic E-state index is 0. The third-order valence-electron chi connectivity index (χ3n) is 5.98. The second-order valence-corrected chi connectivity index (χ2v) is 9.59. The standard InChI is InChI=1S/C28H43N3O2.2ClH/c1-4-5-11-24(29)20-30-28(33)27(19-23-13-16-26(32)17-14-23)31-25(18-21(2)3)15-12-22-9-7-6-8-10-22;;/h6-10,13-14,16-17,21,24-25,27,31-32H,4-5,11-12,15,18-20,29H2,1-3H3,(H,30,33);2*1H/t24-,25+,27-;;/m0../s1. The zero-order valence-electron chi connectivity index (χ0n) is 21.4. The highest BCUT2D eigenvalue weighted by Gasteiger charge is 2.23. The van der Waals surface area contributed by atoms with E-state index in [0.29, 0.717) is 18.9 Å². The minimum Gasteiger partial charge on any atom is -0.508 e. The second kappa shape index (κ2) is 18.5. The van der Waals surface area contributed by atoms with Crippen molar-refractivity contribution in [2.45, 2.75) is 83.8 Å². The molecule has 5 nitrogen and oxygen atoms in total. The van der Waals surface area contributed by atoms with Gasteiger partial charge in [-0.15, -0.1) is 24.8 Å². The summed E-state index contributed by atoms with van der Waals surface area (Å²) >= 11 is 0. The zero-order chi connectivity index (χ0) is 24.1. The number of carbonyl (C=O) groups is 1. The summed E-state index contributed by atoms with van der Waals surface area (Å²) in [6.45, 7) is 7.08. The molecule has 5 N–H and O–H groups in total. The van der Waals surface area contributed by atoms with Gasteiger partial charge in [-0.25, -0.2) is 0 Å². The molecule has 2 rings (SSSR count). The van der Waals surface area contributed by atoms with Crippen molar-refractivity contribution < 1.29 is 9.90 Å². The molecule has 0 unspecified atom stereocenters. The average molecular weight is 527 g/mol. The van der Waals surface area contributed by atoms with Crippen molar-refractivity contribution in [3.63, 3.8) is 0 Å². The molecule has 7 heteroatoms. The van der Waals surface area contributed by atoms with Crippen LogP contribution in [0.3, 0.4) is 0 Å². The second-order valence-electron chi connectivity index (χ2n) is 9.59. The van der Waals surface area contributed by atoms with Gasteiger partial charge in [0.1, 0.15) is 5.75 Å². The van der Waals surface area contributed by atoms with Gasteiger partial charge in [0.15, 0.2) is 0 Å². The van der Waals surface area contributed by atoms with Crippen molar-refractivity contribution in [1.82, 2.24) is 10.6 Å². The van der Waals surface area contributed by atoms with E-state index in [1.165, 1.54) is 5.56 Å². The predicted octanol–water partition coefficient (Wildman–Crippen LogP) is 5.42. The van der Waals surface area contributed by atoms with Crippen LogP contribution in [0.1, 0.15) is 64.0 Å². The molecule has 0 aromatic heterocycles. The van der Waals surface area contributed by atoms with Crippen molar-refractivity contribution in [2.24, 2.45) is 11.7 Å². The highest BCUT2D eigenvalue weighted by molar-refractivity contribution is 5.85. The maximum absolute atomic E-state index is 13.2. The number of aromatic hydroxyl groups is 1. The van der Waals surface area contributed by atoms with E-state index in [4.69, 9.17) is 5.73 Å².